The van der Waals surface area contributed by atoms with Crippen LogP contribution in [0.3, 0.4) is 0 Å². The maximum absolute atomic E-state index is 5.67. The highest BCUT2D eigenvalue weighted by molar-refractivity contribution is 5.61. The molecule has 2 aromatic heterocycles. The molecule has 0 aliphatic heterocycles. The van der Waals surface area contributed by atoms with Crippen molar-refractivity contribution >= 4 is 0 Å². The van der Waals surface area contributed by atoms with Crippen molar-refractivity contribution in [1.82, 2.24) is 19.7 Å². The molecule has 0 spiro atoms. The number of ether oxygens (including phenoxy) is 2. The van der Waals surface area contributed by atoms with Gasteiger partial charge in [-0.15, -0.1) is 0 Å². The van der Waals surface area contributed by atoms with Gasteiger partial charge < -0.3 is 18.6 Å². The number of hydrogen-bond acceptors (Lipinski definition) is 6. The molecule has 1 atom stereocenters. The minimum Gasteiger partial charge on any atom is -0.493 e. The highest BCUT2D eigenvalue weighted by atomic mass is 16.5. The summed E-state index contributed by atoms with van der Waals surface area (Å²) in [4.78, 5) is 8.92. The summed E-state index contributed by atoms with van der Waals surface area (Å²) in [6.45, 7) is 6.50. The summed E-state index contributed by atoms with van der Waals surface area (Å²) in [7, 11) is 1.63. The molecule has 2 heterocycles. The van der Waals surface area contributed by atoms with E-state index in [4.69, 9.17) is 14.0 Å². The van der Waals surface area contributed by atoms with Crippen LogP contribution in [0.2, 0.25) is 0 Å². The van der Waals surface area contributed by atoms with Gasteiger partial charge in [-0.3, -0.25) is 0 Å². The van der Waals surface area contributed by atoms with Crippen molar-refractivity contribution in [2.45, 2.75) is 33.2 Å². The molecule has 0 unspecified atom stereocenters. The van der Waals surface area contributed by atoms with Gasteiger partial charge in [-0.1, -0.05) is 12.1 Å². The molecule has 1 aromatic carbocycles. The van der Waals surface area contributed by atoms with E-state index in [-0.39, 0.29) is 6.04 Å². The Kier molecular flexibility index (Phi) is 5.02. The smallest absolute Gasteiger partial charge is 0.249 e. The van der Waals surface area contributed by atoms with Crippen LogP contribution >= 0.6 is 0 Å². The zero-order chi connectivity index (χ0) is 17.8. The normalized spacial score (nSPS) is 12.2. The summed E-state index contributed by atoms with van der Waals surface area (Å²) in [5.74, 6) is 3.45. The molecule has 0 N–H and O–H groups in total. The molecule has 0 saturated heterocycles. The standard InChI is InChI=1S/C18H22N4O3/c1-5-16-20-18(25-21-16)12(3)22-10-9-19-17(22)13-7-8-14(23-4)15(11-13)24-6-2/h7-12H,5-6H2,1-4H3/t12-/m1/s1. The molecule has 3 aromatic rings. The lowest BCUT2D eigenvalue weighted by Crippen LogP contribution is -2.08. The summed E-state index contributed by atoms with van der Waals surface area (Å²) in [6, 6.07) is 5.64. The summed E-state index contributed by atoms with van der Waals surface area (Å²) in [5, 5.41) is 3.97. The monoisotopic (exact) mass is 342 g/mol. The number of methoxy groups -OCH3 is 1. The van der Waals surface area contributed by atoms with E-state index in [2.05, 4.69) is 15.1 Å². The van der Waals surface area contributed by atoms with Gasteiger partial charge in [-0.2, -0.15) is 4.98 Å². The Morgan fingerprint density at radius 1 is 1.24 bits per heavy atom. The highest BCUT2D eigenvalue weighted by Gasteiger charge is 2.20. The van der Waals surface area contributed by atoms with Gasteiger partial charge in [0.1, 0.15) is 11.9 Å². The second kappa shape index (κ2) is 7.38. The summed E-state index contributed by atoms with van der Waals surface area (Å²) in [6.07, 6.45) is 4.40. The van der Waals surface area contributed by atoms with Gasteiger partial charge in [0.15, 0.2) is 17.3 Å². The van der Waals surface area contributed by atoms with Gasteiger partial charge in [0.25, 0.3) is 0 Å². The molecular formula is C18H22N4O3. The van der Waals surface area contributed by atoms with E-state index in [9.17, 15) is 0 Å². The maximum Gasteiger partial charge on any atom is 0.249 e. The Hall–Kier alpha value is -2.83. The largest absolute Gasteiger partial charge is 0.493 e. The van der Waals surface area contributed by atoms with Crippen molar-refractivity contribution in [3.05, 3.63) is 42.3 Å². The van der Waals surface area contributed by atoms with E-state index in [0.29, 0.717) is 29.8 Å². The average Bonchev–Trinajstić information content (AvgIpc) is 3.30. The molecule has 0 bridgehead atoms. The van der Waals surface area contributed by atoms with Crippen molar-refractivity contribution in [3.63, 3.8) is 0 Å². The molecular weight excluding hydrogens is 320 g/mol. The van der Waals surface area contributed by atoms with Crippen LogP contribution in [-0.2, 0) is 6.42 Å². The number of benzene rings is 1. The van der Waals surface area contributed by atoms with E-state index in [1.54, 1.807) is 13.3 Å². The predicted octanol–water partition coefficient (Wildman–Crippen LogP) is 3.51. The number of aromatic nitrogens is 4. The number of hydrogen-bond donors (Lipinski definition) is 0. The van der Waals surface area contributed by atoms with Crippen molar-refractivity contribution in [2.75, 3.05) is 13.7 Å². The zero-order valence-electron chi connectivity index (χ0n) is 14.9. The zero-order valence-corrected chi connectivity index (χ0v) is 14.9. The lowest BCUT2D eigenvalue weighted by Gasteiger charge is -2.14. The third-order valence-corrected chi connectivity index (χ3v) is 3.96. The molecule has 0 saturated carbocycles. The maximum atomic E-state index is 5.67. The fourth-order valence-electron chi connectivity index (χ4n) is 2.63. The third kappa shape index (κ3) is 3.35. The van der Waals surface area contributed by atoms with Crippen molar-refractivity contribution in [3.8, 4) is 22.9 Å². The summed E-state index contributed by atoms with van der Waals surface area (Å²) < 4.78 is 18.4. The average molecular weight is 342 g/mol. The van der Waals surface area contributed by atoms with E-state index in [1.807, 2.05) is 49.7 Å². The van der Waals surface area contributed by atoms with Crippen LogP contribution in [0.4, 0.5) is 0 Å². The van der Waals surface area contributed by atoms with E-state index < -0.39 is 0 Å². The minimum atomic E-state index is -0.122. The van der Waals surface area contributed by atoms with Gasteiger partial charge >= 0.3 is 0 Å². The van der Waals surface area contributed by atoms with Crippen LogP contribution in [-0.4, -0.2) is 33.4 Å². The Labute approximate surface area is 146 Å². The molecule has 0 aliphatic carbocycles. The van der Waals surface area contributed by atoms with Crippen LogP contribution in [0.1, 0.15) is 38.5 Å². The number of aryl methyl sites for hydroxylation is 1. The Morgan fingerprint density at radius 3 is 2.76 bits per heavy atom. The fraction of sp³-hybridized carbons (Fsp3) is 0.389. The second-order valence-electron chi connectivity index (χ2n) is 5.54. The lowest BCUT2D eigenvalue weighted by molar-refractivity contribution is 0.311. The number of nitrogens with zero attached hydrogens (tertiary/aromatic N) is 4. The molecule has 132 valence electrons. The van der Waals surface area contributed by atoms with Gasteiger partial charge in [-0.05, 0) is 32.0 Å². The topological polar surface area (TPSA) is 75.2 Å². The molecule has 0 aliphatic rings. The van der Waals surface area contributed by atoms with Gasteiger partial charge in [0.05, 0.1) is 13.7 Å². The van der Waals surface area contributed by atoms with Crippen LogP contribution in [0, 0.1) is 0 Å². The molecule has 0 fully saturated rings. The van der Waals surface area contributed by atoms with Gasteiger partial charge in [-0.25, -0.2) is 4.98 Å². The van der Waals surface area contributed by atoms with E-state index >= 15 is 0 Å². The molecule has 3 rings (SSSR count). The number of rotatable bonds is 7. The highest BCUT2D eigenvalue weighted by Crippen LogP contribution is 2.33. The Morgan fingerprint density at radius 2 is 2.08 bits per heavy atom. The SMILES string of the molecule is CCOc1cc(-c2nccn2[C@H](C)c2nc(CC)no2)ccc1OC. The first-order chi connectivity index (χ1) is 12.2. The lowest BCUT2D eigenvalue weighted by atomic mass is 10.1. The van der Waals surface area contributed by atoms with Crippen LogP contribution < -0.4 is 9.47 Å². The van der Waals surface area contributed by atoms with Gasteiger partial charge in [0.2, 0.25) is 5.89 Å². The van der Waals surface area contributed by atoms with E-state index in [0.717, 1.165) is 17.8 Å². The van der Waals surface area contributed by atoms with Gasteiger partial charge in [0, 0.05) is 24.4 Å². The first kappa shape index (κ1) is 17.0. The molecule has 7 heteroatoms. The van der Waals surface area contributed by atoms with Crippen molar-refractivity contribution < 1.29 is 14.0 Å². The van der Waals surface area contributed by atoms with Crippen molar-refractivity contribution in [2.24, 2.45) is 0 Å². The summed E-state index contributed by atoms with van der Waals surface area (Å²) in [5.41, 5.74) is 0.927. The second-order valence-corrected chi connectivity index (χ2v) is 5.54. The first-order valence-electron chi connectivity index (χ1n) is 8.34. The quantitative estimate of drug-likeness (QED) is 0.654. The Balaban J connectivity index is 1.97. The Bertz CT molecular complexity index is 840. The summed E-state index contributed by atoms with van der Waals surface area (Å²) >= 11 is 0. The number of imidazole rings is 1. The van der Waals surface area contributed by atoms with Crippen LogP contribution in [0.5, 0.6) is 11.5 Å². The van der Waals surface area contributed by atoms with Crippen LogP contribution in [0.25, 0.3) is 11.4 Å². The molecule has 7 nitrogen and oxygen atoms in total. The molecule has 25 heavy (non-hydrogen) atoms. The fourth-order valence-corrected chi connectivity index (χ4v) is 2.63. The predicted molar refractivity (Wildman–Crippen MR) is 92.9 cm³/mol. The first-order valence-corrected chi connectivity index (χ1v) is 8.34. The third-order valence-electron chi connectivity index (χ3n) is 3.96. The molecule has 0 amide bonds. The van der Waals surface area contributed by atoms with Crippen LogP contribution in [0.15, 0.2) is 35.1 Å². The van der Waals surface area contributed by atoms with E-state index in [1.165, 1.54) is 0 Å². The van der Waals surface area contributed by atoms with Crippen molar-refractivity contribution in [1.29, 1.82) is 0 Å². The minimum absolute atomic E-state index is 0.122. The molecule has 0 radical (unpaired) electrons.